The van der Waals surface area contributed by atoms with Gasteiger partial charge in [0.05, 0.1) is 11.2 Å². The molecule has 2 aromatic carbocycles. The van der Waals surface area contributed by atoms with Crippen LogP contribution < -0.4 is 5.32 Å². The lowest BCUT2D eigenvalue weighted by atomic mass is 10.2. The lowest BCUT2D eigenvalue weighted by molar-refractivity contribution is 0.102. The van der Waals surface area contributed by atoms with Crippen LogP contribution in [0.15, 0.2) is 46.9 Å². The van der Waals surface area contributed by atoms with E-state index in [1.165, 1.54) is 0 Å². The summed E-state index contributed by atoms with van der Waals surface area (Å²) < 4.78 is 0.759. The summed E-state index contributed by atoms with van der Waals surface area (Å²) in [5, 5.41) is 11.0. The van der Waals surface area contributed by atoms with E-state index in [-0.39, 0.29) is 5.91 Å². The van der Waals surface area contributed by atoms with Gasteiger partial charge in [0.25, 0.3) is 5.91 Å². The monoisotopic (exact) mass is 349 g/mol. The molecule has 0 aliphatic heterocycles. The summed E-state index contributed by atoms with van der Waals surface area (Å²) in [7, 11) is 0. The van der Waals surface area contributed by atoms with Crippen molar-refractivity contribution in [3.05, 3.63) is 57.7 Å². The molecule has 0 radical (unpaired) electrons. The molecule has 0 unspecified atom stereocenters. The third-order valence-electron chi connectivity index (χ3n) is 2.86. The highest BCUT2D eigenvalue weighted by Gasteiger charge is 2.15. The van der Waals surface area contributed by atoms with Crippen LogP contribution in [0.5, 0.6) is 0 Å². The van der Waals surface area contributed by atoms with Crippen molar-refractivity contribution in [2.45, 2.75) is 0 Å². The molecule has 20 heavy (non-hydrogen) atoms. The molecule has 0 spiro atoms. The minimum Gasteiger partial charge on any atom is -0.319 e. The van der Waals surface area contributed by atoms with Crippen LogP contribution in [0, 0.1) is 0 Å². The Labute approximate surface area is 128 Å². The van der Waals surface area contributed by atoms with E-state index in [1.807, 2.05) is 24.3 Å². The fourth-order valence-electron chi connectivity index (χ4n) is 1.91. The molecule has 2 N–H and O–H groups in total. The second-order valence-electron chi connectivity index (χ2n) is 4.20. The van der Waals surface area contributed by atoms with E-state index in [0.29, 0.717) is 16.4 Å². The van der Waals surface area contributed by atoms with Crippen molar-refractivity contribution in [3.8, 4) is 0 Å². The molecule has 1 heterocycles. The molecule has 0 saturated carbocycles. The van der Waals surface area contributed by atoms with Crippen LogP contribution in [0.2, 0.25) is 5.02 Å². The van der Waals surface area contributed by atoms with Gasteiger partial charge >= 0.3 is 0 Å². The molecule has 0 fully saturated rings. The molecule has 3 aromatic rings. The topological polar surface area (TPSA) is 57.8 Å². The van der Waals surface area contributed by atoms with Crippen LogP contribution in [-0.4, -0.2) is 16.1 Å². The summed E-state index contributed by atoms with van der Waals surface area (Å²) in [6.07, 6.45) is 0. The molecule has 4 nitrogen and oxygen atoms in total. The Balaban J connectivity index is 1.95. The van der Waals surface area contributed by atoms with Gasteiger partial charge in [0.15, 0.2) is 5.69 Å². The molecule has 0 aliphatic carbocycles. The van der Waals surface area contributed by atoms with Gasteiger partial charge in [-0.2, -0.15) is 5.10 Å². The number of benzene rings is 2. The van der Waals surface area contributed by atoms with Gasteiger partial charge in [-0.15, -0.1) is 0 Å². The summed E-state index contributed by atoms with van der Waals surface area (Å²) in [6.45, 7) is 0. The second-order valence-corrected chi connectivity index (χ2v) is 5.49. The highest BCUT2D eigenvalue weighted by molar-refractivity contribution is 9.10. The number of hydrogen-bond donors (Lipinski definition) is 2. The van der Waals surface area contributed by atoms with Crippen LogP contribution in [0.1, 0.15) is 10.5 Å². The molecule has 3 rings (SSSR count). The summed E-state index contributed by atoms with van der Waals surface area (Å²) >= 11 is 9.30. The highest BCUT2D eigenvalue weighted by Crippen LogP contribution is 2.26. The van der Waals surface area contributed by atoms with Crippen molar-refractivity contribution in [1.82, 2.24) is 10.2 Å². The van der Waals surface area contributed by atoms with Crippen LogP contribution in [-0.2, 0) is 0 Å². The predicted molar refractivity (Wildman–Crippen MR) is 83.2 cm³/mol. The van der Waals surface area contributed by atoms with E-state index >= 15 is 0 Å². The minimum absolute atomic E-state index is 0.287. The number of H-pyrrole nitrogens is 1. The van der Waals surface area contributed by atoms with Crippen molar-refractivity contribution < 1.29 is 4.79 Å². The number of carbonyl (C=O) groups excluding carboxylic acids is 1. The zero-order valence-electron chi connectivity index (χ0n) is 10.2. The van der Waals surface area contributed by atoms with Gasteiger partial charge in [-0.25, -0.2) is 0 Å². The van der Waals surface area contributed by atoms with Crippen LogP contribution >= 0.6 is 27.5 Å². The Hall–Kier alpha value is -1.85. The maximum atomic E-state index is 12.3. The number of para-hydroxylation sites is 1. The fraction of sp³-hybridized carbons (Fsp3) is 0. The molecule has 6 heteroatoms. The number of nitrogens with one attached hydrogen (secondary N) is 2. The third-order valence-corrected chi connectivity index (χ3v) is 3.79. The number of aromatic nitrogens is 2. The molecular weight excluding hydrogens is 342 g/mol. The smallest absolute Gasteiger partial charge is 0.276 e. The van der Waals surface area contributed by atoms with E-state index in [0.717, 1.165) is 15.4 Å². The Kier molecular flexibility index (Phi) is 3.46. The predicted octanol–water partition coefficient (Wildman–Crippen LogP) is 4.23. The average Bonchev–Trinajstić information content (AvgIpc) is 2.87. The van der Waals surface area contributed by atoms with E-state index in [4.69, 9.17) is 11.6 Å². The van der Waals surface area contributed by atoms with Gasteiger partial charge in [0.2, 0.25) is 0 Å². The normalized spacial score (nSPS) is 10.7. The molecule has 100 valence electrons. The quantitative estimate of drug-likeness (QED) is 0.726. The number of anilines is 1. The number of rotatable bonds is 2. The van der Waals surface area contributed by atoms with E-state index < -0.39 is 0 Å². The summed E-state index contributed by atoms with van der Waals surface area (Å²) in [6, 6.07) is 12.7. The van der Waals surface area contributed by atoms with Gasteiger partial charge in [0, 0.05) is 14.9 Å². The Bertz CT molecular complexity index is 800. The van der Waals surface area contributed by atoms with E-state index in [2.05, 4.69) is 31.4 Å². The summed E-state index contributed by atoms with van der Waals surface area (Å²) in [5.74, 6) is -0.287. The van der Waals surface area contributed by atoms with E-state index in [1.54, 1.807) is 18.2 Å². The Morgan fingerprint density at radius 2 is 2.05 bits per heavy atom. The first-order valence-electron chi connectivity index (χ1n) is 5.84. The van der Waals surface area contributed by atoms with Crippen LogP contribution in [0.25, 0.3) is 10.9 Å². The first-order valence-corrected chi connectivity index (χ1v) is 7.02. The number of aromatic amines is 1. The number of carbonyl (C=O) groups is 1. The number of amides is 1. The van der Waals surface area contributed by atoms with Gasteiger partial charge < -0.3 is 5.32 Å². The third kappa shape index (κ3) is 2.42. The second kappa shape index (κ2) is 5.26. The molecule has 0 atom stereocenters. The van der Waals surface area contributed by atoms with Crippen molar-refractivity contribution in [2.24, 2.45) is 0 Å². The van der Waals surface area contributed by atoms with Crippen LogP contribution in [0.3, 0.4) is 0 Å². The van der Waals surface area contributed by atoms with E-state index in [9.17, 15) is 4.79 Å². The number of fused-ring (bicyclic) bond motifs is 1. The minimum atomic E-state index is -0.287. The average molecular weight is 351 g/mol. The van der Waals surface area contributed by atoms with Crippen molar-refractivity contribution in [1.29, 1.82) is 0 Å². The lowest BCUT2D eigenvalue weighted by Gasteiger charge is -2.06. The SMILES string of the molecule is O=C(Nc1cc(Cl)ccc1Br)c1n[nH]c2ccccc12. The van der Waals surface area contributed by atoms with Crippen molar-refractivity contribution >= 4 is 50.0 Å². The molecule has 1 aromatic heterocycles. The molecule has 0 saturated heterocycles. The zero-order valence-corrected chi connectivity index (χ0v) is 12.5. The van der Waals surface area contributed by atoms with Gasteiger partial charge in [-0.1, -0.05) is 29.8 Å². The number of nitrogens with zero attached hydrogens (tertiary/aromatic N) is 1. The first-order chi connectivity index (χ1) is 9.65. The fourth-order valence-corrected chi connectivity index (χ4v) is 2.43. The molecule has 0 aliphatic rings. The van der Waals surface area contributed by atoms with Gasteiger partial charge in [0.1, 0.15) is 0 Å². The Morgan fingerprint density at radius 3 is 2.90 bits per heavy atom. The van der Waals surface area contributed by atoms with Crippen molar-refractivity contribution in [2.75, 3.05) is 5.32 Å². The highest BCUT2D eigenvalue weighted by atomic mass is 79.9. The first kappa shape index (κ1) is 13.1. The lowest BCUT2D eigenvalue weighted by Crippen LogP contribution is -2.13. The van der Waals surface area contributed by atoms with Gasteiger partial charge in [-0.05, 0) is 40.2 Å². The van der Waals surface area contributed by atoms with Crippen LogP contribution in [0.4, 0.5) is 5.69 Å². The number of halogens is 2. The summed E-state index contributed by atoms with van der Waals surface area (Å²) in [4.78, 5) is 12.3. The Morgan fingerprint density at radius 1 is 1.25 bits per heavy atom. The molecule has 0 bridgehead atoms. The standard InChI is InChI=1S/C14H9BrClN3O/c15-10-6-5-8(16)7-12(10)17-14(20)13-9-3-1-2-4-11(9)18-19-13/h1-7H,(H,17,20)(H,18,19). The summed E-state index contributed by atoms with van der Waals surface area (Å²) in [5.41, 5.74) is 1.78. The molecular formula is C14H9BrClN3O. The maximum absolute atomic E-state index is 12.3. The van der Waals surface area contributed by atoms with Crippen molar-refractivity contribution in [3.63, 3.8) is 0 Å². The zero-order chi connectivity index (χ0) is 14.1. The number of hydrogen-bond acceptors (Lipinski definition) is 2. The molecule has 1 amide bonds. The largest absolute Gasteiger partial charge is 0.319 e. The van der Waals surface area contributed by atoms with Gasteiger partial charge in [-0.3, -0.25) is 9.89 Å². The maximum Gasteiger partial charge on any atom is 0.276 e.